The summed E-state index contributed by atoms with van der Waals surface area (Å²) < 4.78 is 5.37. The van der Waals surface area contributed by atoms with Crippen LogP contribution in [0.1, 0.15) is 19.4 Å². The van der Waals surface area contributed by atoms with E-state index in [0.29, 0.717) is 17.3 Å². The van der Waals surface area contributed by atoms with E-state index < -0.39 is 0 Å². The van der Waals surface area contributed by atoms with Crippen LogP contribution in [0.4, 0.5) is 10.5 Å². The molecule has 2 amide bonds. The van der Waals surface area contributed by atoms with E-state index in [0.717, 1.165) is 31.9 Å². The number of amides is 2. The molecule has 6 heteroatoms. The highest BCUT2D eigenvalue weighted by Crippen LogP contribution is 2.20. The summed E-state index contributed by atoms with van der Waals surface area (Å²) in [6, 6.07) is 5.26. The maximum absolute atomic E-state index is 12.0. The number of ether oxygens (including phenoxy) is 1. The van der Waals surface area contributed by atoms with Crippen molar-refractivity contribution in [2.75, 3.05) is 38.2 Å². The highest BCUT2D eigenvalue weighted by Gasteiger charge is 2.28. The Hall–Kier alpha value is -1.30. The molecule has 0 aliphatic carbocycles. The van der Waals surface area contributed by atoms with E-state index in [1.807, 2.05) is 19.1 Å². The second kappa shape index (κ2) is 7.31. The van der Waals surface area contributed by atoms with E-state index in [9.17, 15) is 4.79 Å². The van der Waals surface area contributed by atoms with Crippen molar-refractivity contribution < 1.29 is 9.53 Å². The number of benzene rings is 1. The Morgan fingerprint density at radius 1 is 1.36 bits per heavy atom. The first-order valence-electron chi connectivity index (χ1n) is 7.52. The van der Waals surface area contributed by atoms with Crippen LogP contribution in [-0.2, 0) is 4.74 Å². The molecular formula is C16H24ClN3O2. The van der Waals surface area contributed by atoms with Crippen molar-refractivity contribution in [2.45, 2.75) is 26.3 Å². The topological polar surface area (TPSA) is 53.6 Å². The van der Waals surface area contributed by atoms with Gasteiger partial charge in [0.25, 0.3) is 0 Å². The summed E-state index contributed by atoms with van der Waals surface area (Å²) in [5.41, 5.74) is 1.57. The number of hydrogen-bond acceptors (Lipinski definition) is 3. The molecule has 5 nitrogen and oxygen atoms in total. The first kappa shape index (κ1) is 17.1. The third kappa shape index (κ3) is 4.60. The monoisotopic (exact) mass is 325 g/mol. The number of urea groups is 1. The second-order valence-corrected chi connectivity index (χ2v) is 6.59. The third-order valence-corrected chi connectivity index (χ3v) is 4.39. The number of nitrogens with one attached hydrogen (secondary N) is 2. The zero-order valence-corrected chi connectivity index (χ0v) is 14.2. The van der Waals surface area contributed by atoms with E-state index in [-0.39, 0.29) is 11.6 Å². The third-order valence-electron chi connectivity index (χ3n) is 3.98. The average molecular weight is 326 g/mol. The highest BCUT2D eigenvalue weighted by atomic mass is 35.5. The number of halogens is 1. The molecule has 2 rings (SSSR count). The number of hydrogen-bond donors (Lipinski definition) is 2. The quantitative estimate of drug-likeness (QED) is 0.895. The van der Waals surface area contributed by atoms with Crippen molar-refractivity contribution in [3.63, 3.8) is 0 Å². The molecule has 0 aromatic heterocycles. The van der Waals surface area contributed by atoms with E-state index >= 15 is 0 Å². The minimum absolute atomic E-state index is 0.105. The van der Waals surface area contributed by atoms with E-state index in [1.165, 1.54) is 0 Å². The fourth-order valence-corrected chi connectivity index (χ4v) is 2.60. The number of carbonyl (C=O) groups excluding carboxylic acids is 1. The van der Waals surface area contributed by atoms with Crippen LogP contribution >= 0.6 is 11.6 Å². The van der Waals surface area contributed by atoms with Gasteiger partial charge in [0.05, 0.1) is 13.2 Å². The molecule has 1 saturated heterocycles. The van der Waals surface area contributed by atoms with Gasteiger partial charge in [-0.2, -0.15) is 0 Å². The lowest BCUT2D eigenvalue weighted by Gasteiger charge is -2.40. The Bertz CT molecular complexity index is 528. The predicted molar refractivity (Wildman–Crippen MR) is 89.7 cm³/mol. The maximum atomic E-state index is 12.0. The fraction of sp³-hybridized carbons (Fsp3) is 0.562. The molecule has 1 aliphatic rings. The lowest BCUT2D eigenvalue weighted by molar-refractivity contribution is -0.00863. The van der Waals surface area contributed by atoms with Crippen LogP contribution in [0.5, 0.6) is 0 Å². The number of morpholine rings is 1. The van der Waals surface area contributed by atoms with E-state index in [4.69, 9.17) is 16.3 Å². The number of rotatable bonds is 4. The molecule has 0 unspecified atom stereocenters. The molecule has 0 atom stereocenters. The maximum Gasteiger partial charge on any atom is 0.319 e. The van der Waals surface area contributed by atoms with Crippen LogP contribution in [0.15, 0.2) is 18.2 Å². The average Bonchev–Trinajstić information content (AvgIpc) is 2.50. The van der Waals surface area contributed by atoms with Crippen molar-refractivity contribution in [3.05, 3.63) is 28.8 Å². The molecule has 1 aromatic carbocycles. The molecule has 0 spiro atoms. The molecule has 1 aromatic rings. The molecule has 1 aliphatic heterocycles. The van der Waals surface area contributed by atoms with Crippen molar-refractivity contribution in [2.24, 2.45) is 0 Å². The zero-order chi connectivity index (χ0) is 16.2. The lowest BCUT2D eigenvalue weighted by atomic mass is 10.0. The number of anilines is 1. The van der Waals surface area contributed by atoms with Crippen LogP contribution in [0.25, 0.3) is 0 Å². The van der Waals surface area contributed by atoms with Crippen molar-refractivity contribution >= 4 is 23.3 Å². The van der Waals surface area contributed by atoms with Gasteiger partial charge < -0.3 is 15.4 Å². The molecule has 0 bridgehead atoms. The van der Waals surface area contributed by atoms with Crippen LogP contribution in [0.2, 0.25) is 5.02 Å². The Kier molecular flexibility index (Phi) is 5.67. The van der Waals surface area contributed by atoms with Gasteiger partial charge in [-0.15, -0.1) is 0 Å². The second-order valence-electron chi connectivity index (χ2n) is 6.18. The summed E-state index contributed by atoms with van der Waals surface area (Å²) >= 11 is 6.06. The minimum atomic E-state index is -0.221. The number of carbonyl (C=O) groups is 1. The van der Waals surface area contributed by atoms with Crippen LogP contribution in [0, 0.1) is 6.92 Å². The van der Waals surface area contributed by atoms with Gasteiger partial charge in [0.15, 0.2) is 0 Å². The first-order chi connectivity index (χ1) is 10.4. The van der Waals surface area contributed by atoms with Gasteiger partial charge in [0, 0.05) is 35.9 Å². The van der Waals surface area contributed by atoms with Crippen LogP contribution in [-0.4, -0.2) is 49.3 Å². The van der Waals surface area contributed by atoms with Crippen molar-refractivity contribution in [1.29, 1.82) is 0 Å². The van der Waals surface area contributed by atoms with Crippen molar-refractivity contribution in [3.8, 4) is 0 Å². The fourth-order valence-electron chi connectivity index (χ4n) is 2.42. The molecule has 122 valence electrons. The standard InChI is InChI=1S/C16H24ClN3O2/c1-12-4-5-13(10-14(12)17)19-15(21)18-11-16(2,3)20-6-8-22-9-7-20/h4-5,10H,6-9,11H2,1-3H3,(H2,18,19,21). The Morgan fingerprint density at radius 3 is 2.68 bits per heavy atom. The molecule has 2 N–H and O–H groups in total. The van der Waals surface area contributed by atoms with Crippen LogP contribution in [0.3, 0.4) is 0 Å². The van der Waals surface area contributed by atoms with Crippen molar-refractivity contribution in [1.82, 2.24) is 10.2 Å². The molecule has 0 radical (unpaired) electrons. The summed E-state index contributed by atoms with van der Waals surface area (Å²) in [4.78, 5) is 14.4. The zero-order valence-electron chi connectivity index (χ0n) is 13.4. The van der Waals surface area contributed by atoms with E-state index in [1.54, 1.807) is 6.07 Å². The van der Waals surface area contributed by atoms with E-state index in [2.05, 4.69) is 29.4 Å². The SMILES string of the molecule is Cc1ccc(NC(=O)NCC(C)(C)N2CCOCC2)cc1Cl. The number of aryl methyl sites for hydroxylation is 1. The molecule has 22 heavy (non-hydrogen) atoms. The number of nitrogens with zero attached hydrogens (tertiary/aromatic N) is 1. The van der Waals surface area contributed by atoms with Gasteiger partial charge in [-0.3, -0.25) is 4.90 Å². The Morgan fingerprint density at radius 2 is 2.05 bits per heavy atom. The summed E-state index contributed by atoms with van der Waals surface area (Å²) in [7, 11) is 0. The van der Waals surface area contributed by atoms with Gasteiger partial charge >= 0.3 is 6.03 Å². The molecule has 1 fully saturated rings. The lowest BCUT2D eigenvalue weighted by Crippen LogP contribution is -2.55. The van der Waals surface area contributed by atoms with Gasteiger partial charge in [-0.05, 0) is 38.5 Å². The Balaban J connectivity index is 1.84. The molecular weight excluding hydrogens is 302 g/mol. The van der Waals surface area contributed by atoms with Gasteiger partial charge in [-0.1, -0.05) is 17.7 Å². The molecule has 1 heterocycles. The Labute approximate surface area is 137 Å². The smallest absolute Gasteiger partial charge is 0.319 e. The summed E-state index contributed by atoms with van der Waals surface area (Å²) in [6.45, 7) is 10.0. The minimum Gasteiger partial charge on any atom is -0.379 e. The predicted octanol–water partition coefficient (Wildman–Crippen LogP) is 2.88. The summed E-state index contributed by atoms with van der Waals surface area (Å²) in [5.74, 6) is 0. The highest BCUT2D eigenvalue weighted by molar-refractivity contribution is 6.31. The molecule has 0 saturated carbocycles. The summed E-state index contributed by atoms with van der Waals surface area (Å²) in [5, 5.41) is 6.38. The first-order valence-corrected chi connectivity index (χ1v) is 7.90. The van der Waals surface area contributed by atoms with Gasteiger partial charge in [0.1, 0.15) is 0 Å². The van der Waals surface area contributed by atoms with Gasteiger partial charge in [0.2, 0.25) is 0 Å². The largest absolute Gasteiger partial charge is 0.379 e. The normalized spacial score (nSPS) is 16.4. The van der Waals surface area contributed by atoms with Crippen LogP contribution < -0.4 is 10.6 Å². The summed E-state index contributed by atoms with van der Waals surface area (Å²) in [6.07, 6.45) is 0. The van der Waals surface area contributed by atoms with Gasteiger partial charge in [-0.25, -0.2) is 4.79 Å².